The largest absolute Gasteiger partial charge is 0.353 e. The predicted octanol–water partition coefficient (Wildman–Crippen LogP) is 0.678. The highest BCUT2D eigenvalue weighted by molar-refractivity contribution is 7.86. The van der Waals surface area contributed by atoms with E-state index in [1.165, 1.54) is 6.92 Å². The van der Waals surface area contributed by atoms with E-state index in [1.807, 2.05) is 30.6 Å². The van der Waals surface area contributed by atoms with Gasteiger partial charge in [0.25, 0.3) is 0 Å². The smallest absolute Gasteiger partial charge is 0.337 e. The Kier molecular flexibility index (Phi) is 6.42. The molecule has 2 heterocycles. The summed E-state index contributed by atoms with van der Waals surface area (Å²) in [6, 6.07) is 8.10. The first-order chi connectivity index (χ1) is 9.93. The van der Waals surface area contributed by atoms with Crippen LogP contribution in [0.1, 0.15) is 18.7 Å². The van der Waals surface area contributed by atoms with Crippen LogP contribution in [-0.2, 0) is 16.8 Å². The van der Waals surface area contributed by atoms with Crippen LogP contribution in [-0.4, -0.2) is 18.6 Å². The molecule has 0 aromatic carbocycles. The topological polar surface area (TPSA) is 102 Å². The molecule has 2 aromatic heterocycles. The number of rotatable bonds is 4. The molecular formula is C12H14FN5O2S. The lowest BCUT2D eigenvalue weighted by Crippen LogP contribution is -2.31. The molecule has 0 unspecified atom stereocenters. The molecule has 0 aliphatic heterocycles. The second kappa shape index (κ2) is 8.06. The maximum Gasteiger partial charge on any atom is 0.337 e. The van der Waals surface area contributed by atoms with Crippen LogP contribution in [0.2, 0.25) is 0 Å². The molecule has 2 rings (SSSR count). The van der Waals surface area contributed by atoms with Crippen molar-refractivity contribution in [3.8, 4) is 6.07 Å². The Hall–Kier alpha value is -2.34. The number of nitrogens with zero attached hydrogens (tertiary/aromatic N) is 5. The van der Waals surface area contributed by atoms with Crippen molar-refractivity contribution in [2.75, 3.05) is 0 Å². The molecule has 9 heteroatoms. The van der Waals surface area contributed by atoms with Crippen LogP contribution in [0.25, 0.3) is 0 Å². The zero-order valence-corrected chi connectivity index (χ0v) is 12.2. The van der Waals surface area contributed by atoms with E-state index in [-0.39, 0.29) is 5.82 Å². The summed E-state index contributed by atoms with van der Waals surface area (Å²) in [5.41, 5.74) is 0. The Morgan fingerprint density at radius 1 is 1.33 bits per heavy atom. The van der Waals surface area contributed by atoms with Gasteiger partial charge in [-0.1, -0.05) is 9.95 Å². The van der Waals surface area contributed by atoms with Gasteiger partial charge in [0.2, 0.25) is 0 Å². The maximum atomic E-state index is 11.9. The van der Waals surface area contributed by atoms with Gasteiger partial charge in [0.1, 0.15) is 11.7 Å². The van der Waals surface area contributed by atoms with E-state index in [9.17, 15) is 12.3 Å². The molecule has 0 saturated heterocycles. The van der Waals surface area contributed by atoms with Crippen molar-refractivity contribution in [2.24, 2.45) is 0 Å². The third-order valence-electron chi connectivity index (χ3n) is 2.24. The third-order valence-corrected chi connectivity index (χ3v) is 2.85. The Balaban J connectivity index is 0.000000211. The second-order valence-electron chi connectivity index (χ2n) is 3.95. The number of aryl methyl sites for hydroxylation is 2. The van der Waals surface area contributed by atoms with E-state index in [2.05, 4.69) is 25.8 Å². The monoisotopic (exact) mass is 311 g/mol. The van der Waals surface area contributed by atoms with Crippen LogP contribution in [0.4, 0.5) is 3.89 Å². The number of nitriles is 1. The minimum Gasteiger partial charge on any atom is -0.353 e. The van der Waals surface area contributed by atoms with Crippen molar-refractivity contribution < 1.29 is 16.9 Å². The molecular weight excluding hydrogens is 297 g/mol. The molecule has 0 bridgehead atoms. The summed E-state index contributed by atoms with van der Waals surface area (Å²) in [5.74, 6) is 0.135. The van der Waals surface area contributed by atoms with Gasteiger partial charge in [-0.2, -0.15) is 13.7 Å². The molecule has 0 N–H and O–H groups in total. The minimum absolute atomic E-state index is 0.135. The maximum absolute atomic E-state index is 11.9. The summed E-state index contributed by atoms with van der Waals surface area (Å²) in [7, 11) is -4.77. The zero-order valence-electron chi connectivity index (χ0n) is 11.3. The molecule has 0 aliphatic carbocycles. The Morgan fingerprint density at radius 3 is 2.43 bits per heavy atom. The number of hydrogen-bond donors (Lipinski definition) is 0. The Labute approximate surface area is 122 Å². The van der Waals surface area contributed by atoms with Gasteiger partial charge in [-0.3, -0.25) is 0 Å². The summed E-state index contributed by atoms with van der Waals surface area (Å²) in [6.45, 7) is 2.36. The van der Waals surface area contributed by atoms with Crippen molar-refractivity contribution in [1.29, 1.82) is 5.26 Å². The molecule has 7 nitrogen and oxygen atoms in total. The summed E-state index contributed by atoms with van der Waals surface area (Å²) in [6.07, 6.45) is 5.60. The van der Waals surface area contributed by atoms with E-state index in [1.54, 1.807) is 0 Å². The molecule has 2 aromatic rings. The van der Waals surface area contributed by atoms with E-state index >= 15 is 0 Å². The van der Waals surface area contributed by atoms with Gasteiger partial charge < -0.3 is 15.2 Å². The van der Waals surface area contributed by atoms with Crippen molar-refractivity contribution in [2.45, 2.75) is 31.5 Å². The molecule has 0 fully saturated rings. The molecule has 112 valence electrons. The van der Waals surface area contributed by atoms with Crippen LogP contribution in [0.15, 0.2) is 35.7 Å². The van der Waals surface area contributed by atoms with E-state index < -0.39 is 15.4 Å². The lowest BCUT2D eigenvalue weighted by molar-refractivity contribution is -0.697. The van der Waals surface area contributed by atoms with Crippen LogP contribution in [0.5, 0.6) is 0 Å². The fraction of sp³-hybridized carbons (Fsp3) is 0.333. The SMILES string of the molecule is Cc1nnc(S(=O)(=O)F)[n-]1.N#CCCC[n+]1ccccc1. The Morgan fingerprint density at radius 2 is 2.00 bits per heavy atom. The number of unbranched alkanes of at least 4 members (excludes halogenated alkanes) is 1. The van der Waals surface area contributed by atoms with Gasteiger partial charge in [0, 0.05) is 25.0 Å². The molecule has 0 spiro atoms. The van der Waals surface area contributed by atoms with Crippen LogP contribution in [0, 0.1) is 18.3 Å². The fourth-order valence-electron chi connectivity index (χ4n) is 1.33. The highest BCUT2D eigenvalue weighted by Crippen LogP contribution is 2.02. The van der Waals surface area contributed by atoms with Crippen LogP contribution >= 0.6 is 0 Å². The van der Waals surface area contributed by atoms with Crippen molar-refractivity contribution in [3.05, 3.63) is 36.4 Å². The molecule has 0 atom stereocenters. The Bertz CT molecular complexity index is 694. The van der Waals surface area contributed by atoms with Crippen molar-refractivity contribution in [3.63, 3.8) is 0 Å². The fourth-order valence-corrected chi connectivity index (χ4v) is 1.71. The van der Waals surface area contributed by atoms with Gasteiger partial charge >= 0.3 is 10.2 Å². The third kappa shape index (κ3) is 6.58. The molecule has 21 heavy (non-hydrogen) atoms. The second-order valence-corrected chi connectivity index (χ2v) is 5.20. The lowest BCUT2D eigenvalue weighted by Gasteiger charge is -1.90. The van der Waals surface area contributed by atoms with Crippen LogP contribution < -0.4 is 9.55 Å². The average Bonchev–Trinajstić information content (AvgIpc) is 2.88. The minimum atomic E-state index is -4.77. The van der Waals surface area contributed by atoms with E-state index in [0.29, 0.717) is 6.42 Å². The number of hydrogen-bond acceptors (Lipinski definition) is 5. The zero-order chi connectivity index (χ0) is 15.7. The first kappa shape index (κ1) is 16.7. The number of pyridine rings is 1. The first-order valence-electron chi connectivity index (χ1n) is 6.03. The van der Waals surface area contributed by atoms with Crippen molar-refractivity contribution in [1.82, 2.24) is 15.2 Å². The molecule has 0 radical (unpaired) electrons. The van der Waals surface area contributed by atoms with Gasteiger partial charge in [-0.25, -0.2) is 4.57 Å². The summed E-state index contributed by atoms with van der Waals surface area (Å²) in [5, 5.41) is 13.6. The highest BCUT2D eigenvalue weighted by Gasteiger charge is 2.08. The van der Waals surface area contributed by atoms with E-state index in [0.717, 1.165) is 13.0 Å². The van der Waals surface area contributed by atoms with Gasteiger partial charge in [-0.15, -0.1) is 0 Å². The summed E-state index contributed by atoms with van der Waals surface area (Å²) >= 11 is 0. The summed E-state index contributed by atoms with van der Waals surface area (Å²) in [4.78, 5) is 3.20. The van der Waals surface area contributed by atoms with Gasteiger partial charge in [-0.05, 0) is 12.7 Å². The predicted molar refractivity (Wildman–Crippen MR) is 69.9 cm³/mol. The standard InChI is InChI=1S/C9H11N2.C3H3FN3O2S/c10-6-2-5-9-11-7-3-1-4-8-11;1-2-5-3(7-6-2)10(4,8)9/h1,3-4,7-8H,2,5,9H2;1H3/q+1;-1. The normalized spacial score (nSPS) is 10.3. The summed E-state index contributed by atoms with van der Waals surface area (Å²) < 4.78 is 34.1. The van der Waals surface area contributed by atoms with Gasteiger partial charge in [0.05, 0.1) is 6.07 Å². The average molecular weight is 311 g/mol. The number of halogens is 1. The highest BCUT2D eigenvalue weighted by atomic mass is 32.3. The quantitative estimate of drug-likeness (QED) is 0.467. The van der Waals surface area contributed by atoms with Crippen molar-refractivity contribution >= 4 is 10.2 Å². The molecule has 0 aliphatic rings. The van der Waals surface area contributed by atoms with Gasteiger partial charge in [0.15, 0.2) is 12.4 Å². The molecule has 0 saturated carbocycles. The number of aromatic nitrogens is 4. The lowest BCUT2D eigenvalue weighted by atomic mass is 10.3. The van der Waals surface area contributed by atoms with Crippen LogP contribution in [0.3, 0.4) is 0 Å². The molecule has 0 amide bonds. The first-order valence-corrected chi connectivity index (χ1v) is 7.41. The van der Waals surface area contributed by atoms with E-state index in [4.69, 9.17) is 5.26 Å².